The van der Waals surface area contributed by atoms with Crippen LogP contribution in [0.4, 0.5) is 11.5 Å². The van der Waals surface area contributed by atoms with Gasteiger partial charge in [0.1, 0.15) is 5.82 Å². The van der Waals surface area contributed by atoms with Crippen molar-refractivity contribution in [2.45, 2.75) is 0 Å². The molecule has 1 saturated heterocycles. The molecule has 0 radical (unpaired) electrons. The number of rotatable bonds is 3. The summed E-state index contributed by atoms with van der Waals surface area (Å²) in [7, 11) is 0. The van der Waals surface area contributed by atoms with E-state index in [-0.39, 0.29) is 5.91 Å². The molecule has 2 heterocycles. The van der Waals surface area contributed by atoms with Gasteiger partial charge in [-0.1, -0.05) is 30.3 Å². The molecule has 1 aliphatic rings. The molecule has 1 fully saturated rings. The summed E-state index contributed by atoms with van der Waals surface area (Å²) in [6, 6.07) is 17.5. The molecule has 4 rings (SSSR count). The molecule has 0 saturated carbocycles. The van der Waals surface area contributed by atoms with E-state index < -0.39 is 0 Å². The molecule has 1 N–H and O–H groups in total. The second kappa shape index (κ2) is 6.91. The lowest BCUT2D eigenvalue weighted by molar-refractivity contribution is 0.102. The summed E-state index contributed by atoms with van der Waals surface area (Å²) >= 11 is 0. The van der Waals surface area contributed by atoms with Crippen LogP contribution >= 0.6 is 0 Å². The summed E-state index contributed by atoms with van der Waals surface area (Å²) in [5, 5.41) is 5.02. The van der Waals surface area contributed by atoms with Crippen LogP contribution in [0.15, 0.2) is 60.8 Å². The van der Waals surface area contributed by atoms with Crippen LogP contribution in [0.2, 0.25) is 0 Å². The molecular formula is C20H19N3O2. The van der Waals surface area contributed by atoms with Gasteiger partial charge in [-0.2, -0.15) is 0 Å². The third-order valence-electron chi connectivity index (χ3n) is 4.38. The minimum absolute atomic E-state index is 0.155. The average molecular weight is 333 g/mol. The molecule has 0 bridgehead atoms. The topological polar surface area (TPSA) is 54.5 Å². The van der Waals surface area contributed by atoms with Gasteiger partial charge in [-0.3, -0.25) is 4.79 Å². The molecule has 3 aromatic rings. The molecule has 1 aliphatic heterocycles. The molecule has 25 heavy (non-hydrogen) atoms. The summed E-state index contributed by atoms with van der Waals surface area (Å²) in [5.74, 6) is 0.396. The lowest BCUT2D eigenvalue weighted by atomic mass is 10.1. The van der Waals surface area contributed by atoms with Gasteiger partial charge in [0.15, 0.2) is 0 Å². The molecule has 0 spiro atoms. The molecule has 126 valence electrons. The maximum absolute atomic E-state index is 12.5. The largest absolute Gasteiger partial charge is 0.378 e. The Balaban J connectivity index is 1.47. The third-order valence-corrected chi connectivity index (χ3v) is 4.38. The first-order valence-electron chi connectivity index (χ1n) is 8.38. The number of nitrogens with zero attached hydrogens (tertiary/aromatic N) is 2. The van der Waals surface area contributed by atoms with Gasteiger partial charge >= 0.3 is 0 Å². The van der Waals surface area contributed by atoms with Gasteiger partial charge in [-0.25, -0.2) is 4.98 Å². The maximum Gasteiger partial charge on any atom is 0.256 e. The second-order valence-electron chi connectivity index (χ2n) is 6.02. The number of carbonyl (C=O) groups excluding carboxylic acids is 1. The highest BCUT2D eigenvalue weighted by atomic mass is 16.5. The fraction of sp³-hybridized carbons (Fsp3) is 0.200. The number of anilines is 2. The van der Waals surface area contributed by atoms with Crippen molar-refractivity contribution in [3.05, 3.63) is 66.4 Å². The lowest BCUT2D eigenvalue weighted by Crippen LogP contribution is -2.36. The highest BCUT2D eigenvalue weighted by molar-refractivity contribution is 6.06. The quantitative estimate of drug-likeness (QED) is 0.799. The van der Waals surface area contributed by atoms with Gasteiger partial charge in [0, 0.05) is 18.7 Å². The van der Waals surface area contributed by atoms with Gasteiger partial charge in [-0.15, -0.1) is 0 Å². The second-order valence-corrected chi connectivity index (χ2v) is 6.02. The highest BCUT2D eigenvalue weighted by Gasteiger charge is 2.12. The summed E-state index contributed by atoms with van der Waals surface area (Å²) in [6.45, 7) is 3.20. The monoisotopic (exact) mass is 333 g/mol. The first-order valence-corrected chi connectivity index (χ1v) is 8.38. The Hall–Kier alpha value is -2.92. The molecule has 2 aromatic carbocycles. The SMILES string of the molecule is O=C(Nc1ccc(N2CCOCC2)cn1)c1ccc2ccccc2c1. The van der Waals surface area contributed by atoms with E-state index in [1.807, 2.05) is 54.6 Å². The number of nitrogens with one attached hydrogen (secondary N) is 1. The summed E-state index contributed by atoms with van der Waals surface area (Å²) < 4.78 is 5.36. The first-order chi connectivity index (χ1) is 12.3. The van der Waals surface area contributed by atoms with E-state index in [4.69, 9.17) is 4.74 Å². The normalized spacial score (nSPS) is 14.5. The Morgan fingerprint density at radius 1 is 1.00 bits per heavy atom. The third kappa shape index (κ3) is 3.46. The summed E-state index contributed by atoms with van der Waals surface area (Å²) in [4.78, 5) is 19.1. The van der Waals surface area contributed by atoms with E-state index >= 15 is 0 Å². The zero-order valence-electron chi connectivity index (χ0n) is 13.8. The Kier molecular flexibility index (Phi) is 4.31. The van der Waals surface area contributed by atoms with Crippen molar-refractivity contribution in [2.75, 3.05) is 36.5 Å². The highest BCUT2D eigenvalue weighted by Crippen LogP contribution is 2.19. The smallest absolute Gasteiger partial charge is 0.256 e. The minimum atomic E-state index is -0.155. The van der Waals surface area contributed by atoms with Crippen LogP contribution in [0.1, 0.15) is 10.4 Å². The van der Waals surface area contributed by atoms with E-state index in [9.17, 15) is 4.79 Å². The van der Waals surface area contributed by atoms with Crippen LogP contribution in [0, 0.1) is 0 Å². The minimum Gasteiger partial charge on any atom is -0.378 e. The Bertz CT molecular complexity index is 887. The van der Waals surface area contributed by atoms with Gasteiger partial charge in [-0.05, 0) is 35.0 Å². The molecule has 5 nitrogen and oxygen atoms in total. The molecule has 0 aliphatic carbocycles. The van der Waals surface area contributed by atoms with Crippen molar-refractivity contribution >= 4 is 28.2 Å². The Labute approximate surface area is 146 Å². The van der Waals surface area contributed by atoms with Crippen molar-refractivity contribution < 1.29 is 9.53 Å². The summed E-state index contributed by atoms with van der Waals surface area (Å²) in [6.07, 6.45) is 1.79. The van der Waals surface area contributed by atoms with Crippen LogP contribution in [0.5, 0.6) is 0 Å². The number of aromatic nitrogens is 1. The van der Waals surface area contributed by atoms with Crippen molar-refractivity contribution in [3.63, 3.8) is 0 Å². The van der Waals surface area contributed by atoms with Crippen LogP contribution in [-0.4, -0.2) is 37.2 Å². The average Bonchev–Trinajstić information content (AvgIpc) is 2.69. The van der Waals surface area contributed by atoms with Crippen molar-refractivity contribution in [3.8, 4) is 0 Å². The first kappa shape index (κ1) is 15.6. The van der Waals surface area contributed by atoms with E-state index in [0.29, 0.717) is 11.4 Å². The lowest BCUT2D eigenvalue weighted by Gasteiger charge is -2.28. The van der Waals surface area contributed by atoms with E-state index in [1.165, 1.54) is 0 Å². The van der Waals surface area contributed by atoms with Crippen LogP contribution in [0.25, 0.3) is 10.8 Å². The van der Waals surface area contributed by atoms with Crippen molar-refractivity contribution in [1.29, 1.82) is 0 Å². The van der Waals surface area contributed by atoms with Crippen LogP contribution in [-0.2, 0) is 4.74 Å². The predicted molar refractivity (Wildman–Crippen MR) is 99.2 cm³/mol. The molecule has 1 amide bonds. The fourth-order valence-corrected chi connectivity index (χ4v) is 2.99. The number of pyridine rings is 1. The fourth-order valence-electron chi connectivity index (χ4n) is 2.99. The molecule has 1 aromatic heterocycles. The number of amides is 1. The Morgan fingerprint density at radius 2 is 1.80 bits per heavy atom. The number of morpholine rings is 1. The number of benzene rings is 2. The number of hydrogen-bond donors (Lipinski definition) is 1. The van der Waals surface area contributed by atoms with E-state index in [2.05, 4.69) is 15.2 Å². The van der Waals surface area contributed by atoms with E-state index in [0.717, 1.165) is 42.8 Å². The molecule has 5 heteroatoms. The molecule has 0 atom stereocenters. The number of ether oxygens (including phenoxy) is 1. The molecular weight excluding hydrogens is 314 g/mol. The van der Waals surface area contributed by atoms with Gasteiger partial charge in [0.05, 0.1) is 25.1 Å². The van der Waals surface area contributed by atoms with Crippen LogP contribution in [0.3, 0.4) is 0 Å². The van der Waals surface area contributed by atoms with Crippen molar-refractivity contribution in [1.82, 2.24) is 4.98 Å². The Morgan fingerprint density at radius 3 is 2.56 bits per heavy atom. The standard InChI is InChI=1S/C20H19N3O2/c24-20(17-6-5-15-3-1-2-4-16(15)13-17)22-19-8-7-18(14-21-19)23-9-11-25-12-10-23/h1-8,13-14H,9-12H2,(H,21,22,24). The summed E-state index contributed by atoms with van der Waals surface area (Å²) in [5.41, 5.74) is 1.67. The zero-order valence-corrected chi connectivity index (χ0v) is 13.8. The van der Waals surface area contributed by atoms with Gasteiger partial charge < -0.3 is 15.0 Å². The van der Waals surface area contributed by atoms with E-state index in [1.54, 1.807) is 6.20 Å². The number of fused-ring (bicyclic) bond motifs is 1. The van der Waals surface area contributed by atoms with Crippen molar-refractivity contribution in [2.24, 2.45) is 0 Å². The predicted octanol–water partition coefficient (Wildman–Crippen LogP) is 3.32. The number of carbonyl (C=O) groups is 1. The number of hydrogen-bond acceptors (Lipinski definition) is 4. The van der Waals surface area contributed by atoms with Gasteiger partial charge in [0.25, 0.3) is 5.91 Å². The molecule has 0 unspecified atom stereocenters. The maximum atomic E-state index is 12.5. The van der Waals surface area contributed by atoms with Gasteiger partial charge in [0.2, 0.25) is 0 Å². The zero-order chi connectivity index (χ0) is 17.1. The van der Waals surface area contributed by atoms with Crippen LogP contribution < -0.4 is 10.2 Å².